The van der Waals surface area contributed by atoms with Gasteiger partial charge in [0.25, 0.3) is 5.91 Å². The molecule has 1 amide bonds. The number of aryl methyl sites for hydroxylation is 1. The molecule has 0 radical (unpaired) electrons. The van der Waals surface area contributed by atoms with Crippen LogP contribution in [0.25, 0.3) is 0 Å². The molecule has 0 bridgehead atoms. The number of nitrogens with zero attached hydrogens (tertiary/aromatic N) is 2. The highest BCUT2D eigenvalue weighted by molar-refractivity contribution is 5.93. The molecule has 1 atom stereocenters. The molecule has 1 aliphatic heterocycles. The first-order valence-corrected chi connectivity index (χ1v) is 6.07. The van der Waals surface area contributed by atoms with Gasteiger partial charge in [-0.25, -0.2) is 0 Å². The third kappa shape index (κ3) is 3.71. The number of carbonyl (C=O) groups is 1. The van der Waals surface area contributed by atoms with E-state index in [0.717, 1.165) is 19.5 Å². The van der Waals surface area contributed by atoms with Crippen molar-refractivity contribution in [1.82, 2.24) is 20.4 Å². The van der Waals surface area contributed by atoms with Gasteiger partial charge >= 0.3 is 0 Å². The molecule has 0 aliphatic carbocycles. The van der Waals surface area contributed by atoms with Crippen molar-refractivity contribution in [2.45, 2.75) is 19.8 Å². The van der Waals surface area contributed by atoms with Gasteiger partial charge < -0.3 is 10.6 Å². The predicted octanol–water partition coefficient (Wildman–Crippen LogP) is 0.961. The average molecular weight is 273 g/mol. The standard InChI is InChI=1S/C12H20N4O.ClH/c1-12(4-3-5-13-8-12)9-14-11(17)10-6-15-16(2)7-10;/h6-7,13H,3-5,8-9H2,1-2H3,(H,14,17);1H. The molecular formula is C12H21ClN4O. The van der Waals surface area contributed by atoms with Crippen molar-refractivity contribution in [2.75, 3.05) is 19.6 Å². The smallest absolute Gasteiger partial charge is 0.254 e. The second-order valence-electron chi connectivity index (χ2n) is 5.18. The van der Waals surface area contributed by atoms with Crippen LogP contribution in [0.5, 0.6) is 0 Å². The summed E-state index contributed by atoms with van der Waals surface area (Å²) in [5, 5.41) is 10.4. The molecule has 6 heteroatoms. The molecule has 0 saturated carbocycles. The Morgan fingerprint density at radius 1 is 1.67 bits per heavy atom. The highest BCUT2D eigenvalue weighted by atomic mass is 35.5. The molecule has 0 aromatic carbocycles. The number of rotatable bonds is 3. The summed E-state index contributed by atoms with van der Waals surface area (Å²) in [4.78, 5) is 11.9. The van der Waals surface area contributed by atoms with Crippen LogP contribution in [0.4, 0.5) is 0 Å². The fourth-order valence-electron chi connectivity index (χ4n) is 2.20. The number of carbonyl (C=O) groups excluding carboxylic acids is 1. The van der Waals surface area contributed by atoms with Gasteiger partial charge in [0.2, 0.25) is 0 Å². The fraction of sp³-hybridized carbons (Fsp3) is 0.667. The number of aromatic nitrogens is 2. The maximum atomic E-state index is 11.9. The molecule has 1 aromatic heterocycles. The van der Waals surface area contributed by atoms with E-state index in [-0.39, 0.29) is 23.7 Å². The van der Waals surface area contributed by atoms with Crippen LogP contribution in [0.2, 0.25) is 0 Å². The van der Waals surface area contributed by atoms with Gasteiger partial charge in [-0.1, -0.05) is 6.92 Å². The van der Waals surface area contributed by atoms with Crippen LogP contribution in [0.1, 0.15) is 30.1 Å². The van der Waals surface area contributed by atoms with Crippen molar-refractivity contribution in [1.29, 1.82) is 0 Å². The van der Waals surface area contributed by atoms with Crippen LogP contribution in [0, 0.1) is 5.41 Å². The van der Waals surface area contributed by atoms with Crippen molar-refractivity contribution in [3.05, 3.63) is 18.0 Å². The van der Waals surface area contributed by atoms with E-state index < -0.39 is 0 Å². The molecule has 1 saturated heterocycles. The second kappa shape index (κ2) is 6.20. The van der Waals surface area contributed by atoms with Crippen molar-refractivity contribution in [3.63, 3.8) is 0 Å². The Morgan fingerprint density at radius 3 is 3.00 bits per heavy atom. The van der Waals surface area contributed by atoms with Gasteiger partial charge in [0, 0.05) is 26.3 Å². The minimum absolute atomic E-state index is 0. The number of piperidine rings is 1. The van der Waals surface area contributed by atoms with Gasteiger partial charge in [-0.2, -0.15) is 5.10 Å². The summed E-state index contributed by atoms with van der Waals surface area (Å²) in [6.07, 6.45) is 5.67. The second-order valence-corrected chi connectivity index (χ2v) is 5.18. The van der Waals surface area contributed by atoms with Crippen LogP contribution in [0.3, 0.4) is 0 Å². The van der Waals surface area contributed by atoms with E-state index >= 15 is 0 Å². The molecule has 5 nitrogen and oxygen atoms in total. The summed E-state index contributed by atoms with van der Waals surface area (Å²) in [5.41, 5.74) is 0.802. The highest BCUT2D eigenvalue weighted by Gasteiger charge is 2.27. The zero-order chi connectivity index (χ0) is 12.3. The summed E-state index contributed by atoms with van der Waals surface area (Å²) in [7, 11) is 1.81. The third-order valence-electron chi connectivity index (χ3n) is 3.33. The molecule has 2 rings (SSSR count). The minimum Gasteiger partial charge on any atom is -0.351 e. The molecule has 1 aliphatic rings. The van der Waals surface area contributed by atoms with Crippen LogP contribution >= 0.6 is 12.4 Å². The predicted molar refractivity (Wildman–Crippen MR) is 73.0 cm³/mol. The summed E-state index contributed by atoms with van der Waals surface area (Å²) in [6.45, 7) is 4.99. The van der Waals surface area contributed by atoms with Gasteiger partial charge in [-0.15, -0.1) is 12.4 Å². The maximum Gasteiger partial charge on any atom is 0.254 e. The Bertz CT molecular complexity index is 399. The topological polar surface area (TPSA) is 59.0 Å². The molecule has 102 valence electrons. The van der Waals surface area contributed by atoms with E-state index in [4.69, 9.17) is 0 Å². The van der Waals surface area contributed by atoms with Crippen molar-refractivity contribution in [2.24, 2.45) is 12.5 Å². The Labute approximate surface area is 114 Å². The Kier molecular flexibility index (Phi) is 5.16. The molecule has 0 spiro atoms. The Hall–Kier alpha value is -1.07. The number of nitrogens with one attached hydrogen (secondary N) is 2. The van der Waals surface area contributed by atoms with Gasteiger partial charge in [0.05, 0.1) is 11.8 Å². The van der Waals surface area contributed by atoms with Crippen LogP contribution in [-0.2, 0) is 7.05 Å². The molecule has 2 N–H and O–H groups in total. The monoisotopic (exact) mass is 272 g/mol. The normalized spacial score (nSPS) is 23.2. The Morgan fingerprint density at radius 2 is 2.44 bits per heavy atom. The lowest BCUT2D eigenvalue weighted by atomic mass is 9.83. The van der Waals surface area contributed by atoms with Crippen LogP contribution < -0.4 is 10.6 Å². The van der Waals surface area contributed by atoms with Crippen LogP contribution in [-0.4, -0.2) is 35.3 Å². The lowest BCUT2D eigenvalue weighted by Crippen LogP contribution is -2.45. The first kappa shape index (κ1) is 15.0. The number of hydrogen-bond acceptors (Lipinski definition) is 3. The quantitative estimate of drug-likeness (QED) is 0.862. The van der Waals surface area contributed by atoms with Gasteiger partial charge in [-0.05, 0) is 24.8 Å². The lowest BCUT2D eigenvalue weighted by Gasteiger charge is -2.34. The maximum absolute atomic E-state index is 11.9. The summed E-state index contributed by atoms with van der Waals surface area (Å²) >= 11 is 0. The number of hydrogen-bond donors (Lipinski definition) is 2. The number of halogens is 1. The molecule has 1 unspecified atom stereocenters. The SMILES string of the molecule is Cl.Cn1cc(C(=O)NCC2(C)CCCNC2)cn1. The van der Waals surface area contributed by atoms with Gasteiger partial charge in [-0.3, -0.25) is 9.48 Å². The summed E-state index contributed by atoms with van der Waals surface area (Å²) in [6, 6.07) is 0. The summed E-state index contributed by atoms with van der Waals surface area (Å²) < 4.78 is 1.64. The largest absolute Gasteiger partial charge is 0.351 e. The molecule has 18 heavy (non-hydrogen) atoms. The first-order valence-electron chi connectivity index (χ1n) is 6.07. The van der Waals surface area contributed by atoms with E-state index in [1.165, 1.54) is 6.42 Å². The van der Waals surface area contributed by atoms with E-state index in [0.29, 0.717) is 12.1 Å². The first-order chi connectivity index (χ1) is 8.09. The molecule has 1 fully saturated rings. The molecular weight excluding hydrogens is 252 g/mol. The number of amides is 1. The van der Waals surface area contributed by atoms with Crippen molar-refractivity contribution >= 4 is 18.3 Å². The van der Waals surface area contributed by atoms with E-state index in [1.54, 1.807) is 17.1 Å². The van der Waals surface area contributed by atoms with E-state index in [9.17, 15) is 4.79 Å². The third-order valence-corrected chi connectivity index (χ3v) is 3.33. The van der Waals surface area contributed by atoms with Crippen LogP contribution in [0.15, 0.2) is 12.4 Å². The van der Waals surface area contributed by atoms with Crippen molar-refractivity contribution in [3.8, 4) is 0 Å². The van der Waals surface area contributed by atoms with Gasteiger partial charge in [0.1, 0.15) is 0 Å². The molecule has 2 heterocycles. The fourth-order valence-corrected chi connectivity index (χ4v) is 2.20. The lowest BCUT2D eigenvalue weighted by molar-refractivity contribution is 0.0924. The summed E-state index contributed by atoms with van der Waals surface area (Å²) in [5.74, 6) is -0.0371. The minimum atomic E-state index is -0.0371. The zero-order valence-corrected chi connectivity index (χ0v) is 11.7. The van der Waals surface area contributed by atoms with E-state index in [2.05, 4.69) is 22.7 Å². The zero-order valence-electron chi connectivity index (χ0n) is 10.9. The van der Waals surface area contributed by atoms with E-state index in [1.807, 2.05) is 7.05 Å². The average Bonchev–Trinajstić information content (AvgIpc) is 2.74. The Balaban J connectivity index is 0.00000162. The molecule has 1 aromatic rings. The van der Waals surface area contributed by atoms with Crippen molar-refractivity contribution < 1.29 is 4.79 Å². The van der Waals surface area contributed by atoms with Gasteiger partial charge in [0.15, 0.2) is 0 Å². The highest BCUT2D eigenvalue weighted by Crippen LogP contribution is 2.24.